The maximum absolute atomic E-state index is 11.7. The van der Waals surface area contributed by atoms with E-state index in [4.69, 9.17) is 0 Å². The van der Waals surface area contributed by atoms with E-state index in [0.29, 0.717) is 6.54 Å². The summed E-state index contributed by atoms with van der Waals surface area (Å²) in [7, 11) is 0. The van der Waals surface area contributed by atoms with Gasteiger partial charge in [0.05, 0.1) is 12.2 Å². The van der Waals surface area contributed by atoms with E-state index in [1.807, 2.05) is 13.0 Å². The molecule has 0 N–H and O–H groups in total. The second kappa shape index (κ2) is 4.53. The number of benzene rings is 1. The SMILES string of the molecule is Cc1ccc(=O)n(Cc2c(C)cccc2C)n1. The van der Waals surface area contributed by atoms with E-state index < -0.39 is 0 Å². The van der Waals surface area contributed by atoms with Gasteiger partial charge in [-0.05, 0) is 43.5 Å². The first kappa shape index (κ1) is 11.6. The van der Waals surface area contributed by atoms with E-state index in [9.17, 15) is 4.79 Å². The highest BCUT2D eigenvalue weighted by Gasteiger charge is 2.05. The smallest absolute Gasteiger partial charge is 0.267 e. The average molecular weight is 228 g/mol. The first-order valence-electron chi connectivity index (χ1n) is 5.68. The molecule has 0 aliphatic rings. The minimum absolute atomic E-state index is 0.0572. The van der Waals surface area contributed by atoms with E-state index in [1.165, 1.54) is 21.4 Å². The van der Waals surface area contributed by atoms with Crippen LogP contribution in [0.3, 0.4) is 0 Å². The van der Waals surface area contributed by atoms with Crippen molar-refractivity contribution in [1.29, 1.82) is 0 Å². The van der Waals surface area contributed by atoms with Crippen molar-refractivity contribution >= 4 is 0 Å². The molecule has 0 atom stereocenters. The summed E-state index contributed by atoms with van der Waals surface area (Å²) in [6.07, 6.45) is 0. The summed E-state index contributed by atoms with van der Waals surface area (Å²) in [6.45, 7) is 6.55. The third-order valence-electron chi connectivity index (χ3n) is 2.95. The van der Waals surface area contributed by atoms with Gasteiger partial charge in [0, 0.05) is 6.07 Å². The number of nitrogens with zero attached hydrogens (tertiary/aromatic N) is 2. The average Bonchev–Trinajstić information content (AvgIpc) is 2.28. The van der Waals surface area contributed by atoms with Crippen molar-refractivity contribution in [3.05, 3.63) is 63.1 Å². The summed E-state index contributed by atoms with van der Waals surface area (Å²) in [5.74, 6) is 0. The van der Waals surface area contributed by atoms with Crippen LogP contribution in [0.5, 0.6) is 0 Å². The molecule has 0 radical (unpaired) electrons. The molecule has 1 aromatic carbocycles. The summed E-state index contributed by atoms with van der Waals surface area (Å²) < 4.78 is 1.52. The lowest BCUT2D eigenvalue weighted by Crippen LogP contribution is -2.23. The van der Waals surface area contributed by atoms with Crippen LogP contribution in [0.2, 0.25) is 0 Å². The Labute approximate surface area is 101 Å². The zero-order valence-corrected chi connectivity index (χ0v) is 10.4. The zero-order chi connectivity index (χ0) is 12.4. The van der Waals surface area contributed by atoms with Gasteiger partial charge in [-0.1, -0.05) is 18.2 Å². The van der Waals surface area contributed by atoms with Crippen molar-refractivity contribution in [3.63, 3.8) is 0 Å². The lowest BCUT2D eigenvalue weighted by molar-refractivity contribution is 0.624. The molecule has 0 unspecified atom stereocenters. The molecular weight excluding hydrogens is 212 g/mol. The molecule has 0 bridgehead atoms. The van der Waals surface area contributed by atoms with Crippen LogP contribution < -0.4 is 5.56 Å². The Morgan fingerprint density at radius 3 is 2.35 bits per heavy atom. The number of aromatic nitrogens is 2. The van der Waals surface area contributed by atoms with Crippen LogP contribution in [0.1, 0.15) is 22.4 Å². The van der Waals surface area contributed by atoms with E-state index in [2.05, 4.69) is 31.1 Å². The number of aryl methyl sites for hydroxylation is 3. The van der Waals surface area contributed by atoms with Gasteiger partial charge >= 0.3 is 0 Å². The van der Waals surface area contributed by atoms with Crippen molar-refractivity contribution < 1.29 is 0 Å². The Kier molecular flexibility index (Phi) is 3.09. The molecule has 17 heavy (non-hydrogen) atoms. The molecule has 2 aromatic rings. The van der Waals surface area contributed by atoms with Crippen molar-refractivity contribution in [1.82, 2.24) is 9.78 Å². The summed E-state index contributed by atoms with van der Waals surface area (Å²) in [4.78, 5) is 11.7. The predicted molar refractivity (Wildman–Crippen MR) is 68.3 cm³/mol. The minimum atomic E-state index is -0.0572. The highest BCUT2D eigenvalue weighted by Crippen LogP contribution is 2.13. The van der Waals surface area contributed by atoms with Crippen molar-refractivity contribution in [2.75, 3.05) is 0 Å². The van der Waals surface area contributed by atoms with Crippen LogP contribution in [0.25, 0.3) is 0 Å². The van der Waals surface area contributed by atoms with Gasteiger partial charge in [0.2, 0.25) is 0 Å². The third kappa shape index (κ3) is 2.44. The molecule has 1 aromatic heterocycles. The van der Waals surface area contributed by atoms with Crippen LogP contribution in [0, 0.1) is 20.8 Å². The third-order valence-corrected chi connectivity index (χ3v) is 2.95. The summed E-state index contributed by atoms with van der Waals surface area (Å²) in [5.41, 5.74) is 4.36. The monoisotopic (exact) mass is 228 g/mol. The van der Waals surface area contributed by atoms with Gasteiger partial charge in [0.25, 0.3) is 5.56 Å². The van der Waals surface area contributed by atoms with Gasteiger partial charge in [-0.15, -0.1) is 0 Å². The molecule has 1 heterocycles. The van der Waals surface area contributed by atoms with Crippen molar-refractivity contribution in [3.8, 4) is 0 Å². The first-order chi connectivity index (χ1) is 8.08. The Bertz CT molecular complexity index is 579. The highest BCUT2D eigenvalue weighted by atomic mass is 16.1. The van der Waals surface area contributed by atoms with Crippen LogP contribution in [0.4, 0.5) is 0 Å². The van der Waals surface area contributed by atoms with Crippen LogP contribution in [-0.2, 0) is 6.54 Å². The van der Waals surface area contributed by atoms with Gasteiger partial charge in [-0.3, -0.25) is 4.79 Å². The number of hydrogen-bond donors (Lipinski definition) is 0. The predicted octanol–water partition coefficient (Wildman–Crippen LogP) is 2.22. The lowest BCUT2D eigenvalue weighted by atomic mass is 10.0. The van der Waals surface area contributed by atoms with Crippen molar-refractivity contribution in [2.24, 2.45) is 0 Å². The summed E-state index contributed by atoms with van der Waals surface area (Å²) in [5, 5.41) is 4.25. The molecule has 0 fully saturated rings. The molecule has 0 spiro atoms. The molecule has 2 rings (SSSR count). The molecule has 0 amide bonds. The quantitative estimate of drug-likeness (QED) is 0.790. The molecule has 3 heteroatoms. The second-order valence-corrected chi connectivity index (χ2v) is 4.34. The van der Waals surface area contributed by atoms with Gasteiger partial charge in [-0.2, -0.15) is 5.10 Å². The largest absolute Gasteiger partial charge is 0.268 e. The molecular formula is C14H16N2O. The van der Waals surface area contributed by atoms with E-state index in [0.717, 1.165) is 5.69 Å². The second-order valence-electron chi connectivity index (χ2n) is 4.34. The topological polar surface area (TPSA) is 34.9 Å². The van der Waals surface area contributed by atoms with Gasteiger partial charge in [0.1, 0.15) is 0 Å². The van der Waals surface area contributed by atoms with Crippen LogP contribution >= 0.6 is 0 Å². The fraction of sp³-hybridized carbons (Fsp3) is 0.286. The summed E-state index contributed by atoms with van der Waals surface area (Å²) >= 11 is 0. The molecule has 88 valence electrons. The summed E-state index contributed by atoms with van der Waals surface area (Å²) in [6, 6.07) is 9.45. The molecule has 0 saturated heterocycles. The van der Waals surface area contributed by atoms with Gasteiger partial charge in [0.15, 0.2) is 0 Å². The molecule has 0 saturated carbocycles. The fourth-order valence-corrected chi connectivity index (χ4v) is 1.91. The van der Waals surface area contributed by atoms with Crippen LogP contribution in [0.15, 0.2) is 35.1 Å². The number of rotatable bonds is 2. The van der Waals surface area contributed by atoms with E-state index in [-0.39, 0.29) is 5.56 Å². The Morgan fingerprint density at radius 2 is 1.71 bits per heavy atom. The Morgan fingerprint density at radius 1 is 1.06 bits per heavy atom. The molecule has 0 aliphatic heterocycles. The van der Waals surface area contributed by atoms with E-state index in [1.54, 1.807) is 12.1 Å². The van der Waals surface area contributed by atoms with Gasteiger partial charge < -0.3 is 0 Å². The van der Waals surface area contributed by atoms with Gasteiger partial charge in [-0.25, -0.2) is 4.68 Å². The van der Waals surface area contributed by atoms with Crippen molar-refractivity contribution in [2.45, 2.75) is 27.3 Å². The Hall–Kier alpha value is -1.90. The van der Waals surface area contributed by atoms with E-state index >= 15 is 0 Å². The lowest BCUT2D eigenvalue weighted by Gasteiger charge is -2.11. The molecule has 0 aliphatic carbocycles. The number of hydrogen-bond acceptors (Lipinski definition) is 2. The zero-order valence-electron chi connectivity index (χ0n) is 10.4. The highest BCUT2D eigenvalue weighted by molar-refractivity contribution is 5.33. The minimum Gasteiger partial charge on any atom is -0.268 e. The fourth-order valence-electron chi connectivity index (χ4n) is 1.91. The first-order valence-corrected chi connectivity index (χ1v) is 5.68. The van der Waals surface area contributed by atoms with Crippen LogP contribution in [-0.4, -0.2) is 9.78 Å². The normalized spacial score (nSPS) is 10.5. The maximum atomic E-state index is 11.7. The standard InChI is InChI=1S/C14H16N2O/c1-10-5-4-6-11(2)13(10)9-16-14(17)8-7-12(3)15-16/h4-8H,9H2,1-3H3. The maximum Gasteiger partial charge on any atom is 0.267 e. The molecule has 3 nitrogen and oxygen atoms in total. The Balaban J connectivity index is 2.45.